The lowest BCUT2D eigenvalue weighted by molar-refractivity contribution is 0.0940. The lowest BCUT2D eigenvalue weighted by atomic mass is 10.2. The van der Waals surface area contributed by atoms with Crippen molar-refractivity contribution in [3.05, 3.63) is 12.4 Å². The van der Waals surface area contributed by atoms with Gasteiger partial charge in [0.1, 0.15) is 0 Å². The van der Waals surface area contributed by atoms with Crippen LogP contribution in [-0.2, 0) is 11.3 Å². The van der Waals surface area contributed by atoms with Gasteiger partial charge in [-0.3, -0.25) is 4.68 Å². The van der Waals surface area contributed by atoms with Gasteiger partial charge in [0, 0.05) is 18.8 Å². The third-order valence-corrected chi connectivity index (χ3v) is 3.47. The van der Waals surface area contributed by atoms with E-state index in [4.69, 9.17) is 10.00 Å². The Balaban J connectivity index is 1.81. The molecule has 2 atom stereocenters. The van der Waals surface area contributed by atoms with Crippen molar-refractivity contribution in [3.63, 3.8) is 0 Å². The number of nitriles is 1. The lowest BCUT2D eigenvalue weighted by Crippen LogP contribution is -2.37. The Bertz CT molecular complexity index is 502. The minimum absolute atomic E-state index is 0.128. The highest BCUT2D eigenvalue weighted by Gasteiger charge is 2.16. The molecular weight excluding hydrogens is 270 g/mol. The van der Waals surface area contributed by atoms with Crippen LogP contribution in [-0.4, -0.2) is 34.6 Å². The van der Waals surface area contributed by atoms with E-state index in [0.29, 0.717) is 18.7 Å². The first-order chi connectivity index (χ1) is 10.2. The molecule has 7 heteroatoms. The molecule has 1 fully saturated rings. The number of rotatable bonds is 6. The van der Waals surface area contributed by atoms with Gasteiger partial charge in [0.2, 0.25) is 0 Å². The van der Waals surface area contributed by atoms with E-state index in [1.54, 1.807) is 17.1 Å². The van der Waals surface area contributed by atoms with Crippen molar-refractivity contribution in [2.24, 2.45) is 0 Å². The second kappa shape index (κ2) is 7.64. The standard InChI is InChI=1S/C14H21N5O2/c1-2-11(5-6-15)17-14(20)18-12-8-16-19(9-12)10-13-4-3-7-21-13/h8-9,11,13H,2-5,7,10H2,1H3,(H2,17,18,20)/t11-,13+/m1/s1. The molecule has 2 N–H and O–H groups in total. The van der Waals surface area contributed by atoms with Gasteiger partial charge in [0.05, 0.1) is 37.0 Å². The van der Waals surface area contributed by atoms with E-state index in [2.05, 4.69) is 21.8 Å². The lowest BCUT2D eigenvalue weighted by Gasteiger charge is -2.13. The fraction of sp³-hybridized carbons (Fsp3) is 0.643. The van der Waals surface area contributed by atoms with Crippen LogP contribution in [0.5, 0.6) is 0 Å². The molecule has 1 aliphatic heterocycles. The third kappa shape index (κ3) is 4.76. The van der Waals surface area contributed by atoms with Crippen LogP contribution < -0.4 is 10.6 Å². The first kappa shape index (κ1) is 15.3. The predicted molar refractivity (Wildman–Crippen MR) is 77.7 cm³/mol. The number of nitrogens with one attached hydrogen (secondary N) is 2. The number of carbonyl (C=O) groups is 1. The summed E-state index contributed by atoms with van der Waals surface area (Å²) in [5.41, 5.74) is 0.636. The average Bonchev–Trinajstić information content (AvgIpc) is 3.11. The monoisotopic (exact) mass is 291 g/mol. The summed E-state index contributed by atoms with van der Waals surface area (Å²) >= 11 is 0. The van der Waals surface area contributed by atoms with Gasteiger partial charge in [-0.1, -0.05) is 6.92 Å². The van der Waals surface area contributed by atoms with Gasteiger partial charge in [-0.2, -0.15) is 10.4 Å². The van der Waals surface area contributed by atoms with Crippen molar-refractivity contribution >= 4 is 11.7 Å². The summed E-state index contributed by atoms with van der Waals surface area (Å²) in [6, 6.07) is 1.62. The zero-order valence-electron chi connectivity index (χ0n) is 12.2. The minimum atomic E-state index is -0.311. The second-order valence-corrected chi connectivity index (χ2v) is 5.15. The Morgan fingerprint density at radius 1 is 1.71 bits per heavy atom. The maximum atomic E-state index is 11.8. The number of amides is 2. The van der Waals surface area contributed by atoms with E-state index in [1.807, 2.05) is 6.92 Å². The summed E-state index contributed by atoms with van der Waals surface area (Å²) in [6.07, 6.45) is 6.78. The van der Waals surface area contributed by atoms with E-state index < -0.39 is 0 Å². The van der Waals surface area contributed by atoms with Gasteiger partial charge in [-0.15, -0.1) is 0 Å². The molecule has 0 radical (unpaired) electrons. The second-order valence-electron chi connectivity index (χ2n) is 5.15. The molecule has 21 heavy (non-hydrogen) atoms. The van der Waals surface area contributed by atoms with Gasteiger partial charge in [-0.25, -0.2) is 4.79 Å². The summed E-state index contributed by atoms with van der Waals surface area (Å²) < 4.78 is 7.33. The first-order valence-electron chi connectivity index (χ1n) is 7.29. The summed E-state index contributed by atoms with van der Waals surface area (Å²) in [5, 5.41) is 18.4. The third-order valence-electron chi connectivity index (χ3n) is 3.47. The van der Waals surface area contributed by atoms with Crippen molar-refractivity contribution in [2.45, 2.75) is 51.3 Å². The average molecular weight is 291 g/mol. The van der Waals surface area contributed by atoms with Crippen molar-refractivity contribution < 1.29 is 9.53 Å². The van der Waals surface area contributed by atoms with Crippen LogP contribution in [0.25, 0.3) is 0 Å². The largest absolute Gasteiger partial charge is 0.376 e. The van der Waals surface area contributed by atoms with E-state index in [1.165, 1.54) is 0 Å². The molecule has 0 spiro atoms. The van der Waals surface area contributed by atoms with Crippen LogP contribution in [0, 0.1) is 11.3 Å². The number of aromatic nitrogens is 2. The Labute approximate surface area is 124 Å². The fourth-order valence-corrected chi connectivity index (χ4v) is 2.29. The highest BCUT2D eigenvalue weighted by atomic mass is 16.5. The molecular formula is C14H21N5O2. The smallest absolute Gasteiger partial charge is 0.319 e. The SMILES string of the molecule is CC[C@H](CC#N)NC(=O)Nc1cnn(C[C@@H]2CCCO2)c1. The Morgan fingerprint density at radius 3 is 3.24 bits per heavy atom. The quantitative estimate of drug-likeness (QED) is 0.837. The molecule has 0 aromatic carbocycles. The number of ether oxygens (including phenoxy) is 1. The molecule has 0 saturated carbocycles. The van der Waals surface area contributed by atoms with Gasteiger partial charge in [0.25, 0.3) is 0 Å². The highest BCUT2D eigenvalue weighted by Crippen LogP contribution is 2.14. The minimum Gasteiger partial charge on any atom is -0.376 e. The number of nitrogens with zero attached hydrogens (tertiary/aromatic N) is 3. The van der Waals surface area contributed by atoms with E-state index >= 15 is 0 Å². The summed E-state index contributed by atoms with van der Waals surface area (Å²) in [7, 11) is 0. The van der Waals surface area contributed by atoms with Crippen molar-refractivity contribution in [1.82, 2.24) is 15.1 Å². The zero-order valence-corrected chi connectivity index (χ0v) is 12.2. The molecule has 0 aliphatic carbocycles. The summed E-state index contributed by atoms with van der Waals surface area (Å²) in [5.74, 6) is 0. The maximum Gasteiger partial charge on any atom is 0.319 e. The van der Waals surface area contributed by atoms with E-state index in [-0.39, 0.29) is 18.2 Å². The van der Waals surface area contributed by atoms with E-state index in [0.717, 1.165) is 25.9 Å². The van der Waals surface area contributed by atoms with Crippen LogP contribution >= 0.6 is 0 Å². The molecule has 1 aromatic rings. The molecule has 0 unspecified atom stereocenters. The van der Waals surface area contributed by atoms with Crippen LogP contribution in [0.4, 0.5) is 10.5 Å². The molecule has 2 rings (SSSR count). The maximum absolute atomic E-state index is 11.8. The summed E-state index contributed by atoms with van der Waals surface area (Å²) in [4.78, 5) is 11.8. The van der Waals surface area contributed by atoms with E-state index in [9.17, 15) is 4.79 Å². The van der Waals surface area contributed by atoms with Crippen LogP contribution in [0.15, 0.2) is 12.4 Å². The topological polar surface area (TPSA) is 92.0 Å². The highest BCUT2D eigenvalue weighted by molar-refractivity contribution is 5.89. The van der Waals surface area contributed by atoms with Gasteiger partial charge in [-0.05, 0) is 19.3 Å². The van der Waals surface area contributed by atoms with Crippen LogP contribution in [0.2, 0.25) is 0 Å². The van der Waals surface area contributed by atoms with Crippen molar-refractivity contribution in [1.29, 1.82) is 5.26 Å². The number of urea groups is 1. The Kier molecular flexibility index (Phi) is 5.58. The predicted octanol–water partition coefficient (Wildman–Crippen LogP) is 1.88. The zero-order chi connectivity index (χ0) is 15.1. The summed E-state index contributed by atoms with van der Waals surface area (Å²) in [6.45, 7) is 3.45. The Morgan fingerprint density at radius 2 is 2.57 bits per heavy atom. The number of hydrogen-bond donors (Lipinski definition) is 2. The molecule has 1 aromatic heterocycles. The molecule has 114 valence electrons. The van der Waals surface area contributed by atoms with Crippen molar-refractivity contribution in [3.8, 4) is 6.07 Å². The van der Waals surface area contributed by atoms with Crippen LogP contribution in [0.3, 0.4) is 0 Å². The fourth-order valence-electron chi connectivity index (χ4n) is 2.29. The Hall–Kier alpha value is -2.07. The molecule has 0 bridgehead atoms. The van der Waals surface area contributed by atoms with Crippen LogP contribution in [0.1, 0.15) is 32.6 Å². The molecule has 7 nitrogen and oxygen atoms in total. The molecule has 2 amide bonds. The first-order valence-corrected chi connectivity index (χ1v) is 7.29. The molecule has 1 saturated heterocycles. The normalized spacial score (nSPS) is 19.0. The van der Waals surface area contributed by atoms with Crippen molar-refractivity contribution in [2.75, 3.05) is 11.9 Å². The molecule has 2 heterocycles. The van der Waals surface area contributed by atoms with Gasteiger partial charge in [0.15, 0.2) is 0 Å². The number of hydrogen-bond acceptors (Lipinski definition) is 4. The molecule has 1 aliphatic rings. The number of carbonyl (C=O) groups excluding carboxylic acids is 1. The van der Waals surface area contributed by atoms with Gasteiger partial charge >= 0.3 is 6.03 Å². The number of anilines is 1. The van der Waals surface area contributed by atoms with Gasteiger partial charge < -0.3 is 15.4 Å².